The van der Waals surface area contributed by atoms with E-state index in [1.807, 2.05) is 36.4 Å². The highest BCUT2D eigenvalue weighted by atomic mass is 19.1. The summed E-state index contributed by atoms with van der Waals surface area (Å²) in [5, 5.41) is 13.1. The van der Waals surface area contributed by atoms with Crippen LogP contribution in [-0.2, 0) is 0 Å². The number of para-hydroxylation sites is 1. The average molecular weight is 321 g/mol. The van der Waals surface area contributed by atoms with Crippen LogP contribution in [0.5, 0.6) is 11.5 Å². The van der Waals surface area contributed by atoms with Gasteiger partial charge in [-0.3, -0.25) is 0 Å². The zero-order valence-electron chi connectivity index (χ0n) is 12.9. The van der Waals surface area contributed by atoms with Crippen LogP contribution in [0.2, 0.25) is 0 Å². The molecule has 1 unspecified atom stereocenters. The summed E-state index contributed by atoms with van der Waals surface area (Å²) in [6, 6.07) is 19.3. The first kappa shape index (κ1) is 14.6. The predicted octanol–water partition coefficient (Wildman–Crippen LogP) is 4.74. The summed E-state index contributed by atoms with van der Waals surface area (Å²) >= 11 is 0. The maximum absolute atomic E-state index is 13.5. The standard InChI is InChI=1S/C20H16FNO2/c21-15-6-1-4-13(10-15)17-8-3-9-18-20(17)24-12-19(22-18)14-5-2-7-16(23)11-14/h1-11,19,22-23H,12H2. The molecule has 0 spiro atoms. The van der Waals surface area contributed by atoms with E-state index in [1.165, 1.54) is 12.1 Å². The first-order chi connectivity index (χ1) is 11.7. The summed E-state index contributed by atoms with van der Waals surface area (Å²) in [6.45, 7) is 0.433. The molecule has 0 saturated heterocycles. The quantitative estimate of drug-likeness (QED) is 0.716. The molecule has 3 aromatic carbocycles. The molecule has 0 bridgehead atoms. The lowest BCUT2D eigenvalue weighted by Crippen LogP contribution is -2.24. The fourth-order valence-electron chi connectivity index (χ4n) is 3.01. The molecule has 4 rings (SSSR count). The van der Waals surface area contributed by atoms with Crippen molar-refractivity contribution in [2.45, 2.75) is 6.04 Å². The van der Waals surface area contributed by atoms with Crippen LogP contribution < -0.4 is 10.1 Å². The van der Waals surface area contributed by atoms with Crippen molar-refractivity contribution < 1.29 is 14.2 Å². The Labute approximate surface area is 139 Å². The zero-order valence-corrected chi connectivity index (χ0v) is 12.9. The summed E-state index contributed by atoms with van der Waals surface area (Å²) in [4.78, 5) is 0. The smallest absolute Gasteiger partial charge is 0.150 e. The molecule has 1 aliphatic rings. The molecular formula is C20H16FNO2. The Balaban J connectivity index is 1.70. The van der Waals surface area contributed by atoms with Gasteiger partial charge < -0.3 is 15.2 Å². The predicted molar refractivity (Wildman–Crippen MR) is 91.8 cm³/mol. The summed E-state index contributed by atoms with van der Waals surface area (Å²) in [7, 11) is 0. The maximum Gasteiger partial charge on any atom is 0.150 e. The average Bonchev–Trinajstić information content (AvgIpc) is 2.61. The molecule has 0 aromatic heterocycles. The van der Waals surface area contributed by atoms with E-state index >= 15 is 0 Å². The molecule has 120 valence electrons. The monoisotopic (exact) mass is 321 g/mol. The second-order valence-corrected chi connectivity index (χ2v) is 5.80. The number of nitrogens with one attached hydrogen (secondary N) is 1. The van der Waals surface area contributed by atoms with Crippen molar-refractivity contribution in [3.05, 3.63) is 78.1 Å². The lowest BCUT2D eigenvalue weighted by Gasteiger charge is -2.29. The number of hydrogen-bond acceptors (Lipinski definition) is 3. The molecule has 0 saturated carbocycles. The fraction of sp³-hybridized carbons (Fsp3) is 0.100. The Morgan fingerprint density at radius 1 is 1.00 bits per heavy atom. The summed E-state index contributed by atoms with van der Waals surface area (Å²) < 4.78 is 19.5. The van der Waals surface area contributed by atoms with Crippen LogP contribution in [-0.4, -0.2) is 11.7 Å². The molecule has 1 aliphatic heterocycles. The molecule has 2 N–H and O–H groups in total. The molecule has 0 radical (unpaired) electrons. The third kappa shape index (κ3) is 2.67. The number of anilines is 1. The number of hydrogen-bond donors (Lipinski definition) is 2. The molecule has 0 fully saturated rings. The van der Waals surface area contributed by atoms with E-state index in [-0.39, 0.29) is 17.6 Å². The van der Waals surface area contributed by atoms with Gasteiger partial charge in [0.15, 0.2) is 0 Å². The molecule has 4 heteroatoms. The highest BCUT2D eigenvalue weighted by Gasteiger charge is 2.23. The van der Waals surface area contributed by atoms with Gasteiger partial charge in [-0.2, -0.15) is 0 Å². The van der Waals surface area contributed by atoms with E-state index in [0.717, 1.165) is 28.1 Å². The van der Waals surface area contributed by atoms with E-state index in [2.05, 4.69) is 5.32 Å². The molecule has 3 aromatic rings. The van der Waals surface area contributed by atoms with Crippen molar-refractivity contribution in [2.24, 2.45) is 0 Å². The Morgan fingerprint density at radius 2 is 1.83 bits per heavy atom. The minimum atomic E-state index is -0.272. The molecule has 24 heavy (non-hydrogen) atoms. The minimum absolute atomic E-state index is 0.0487. The van der Waals surface area contributed by atoms with E-state index in [9.17, 15) is 9.50 Å². The van der Waals surface area contributed by atoms with Gasteiger partial charge in [0, 0.05) is 5.56 Å². The van der Waals surface area contributed by atoms with Crippen LogP contribution >= 0.6 is 0 Å². The Kier molecular flexibility index (Phi) is 3.58. The summed E-state index contributed by atoms with van der Waals surface area (Å²) in [5.41, 5.74) is 3.45. The van der Waals surface area contributed by atoms with E-state index < -0.39 is 0 Å². The number of halogens is 1. The van der Waals surface area contributed by atoms with E-state index in [1.54, 1.807) is 18.2 Å². The van der Waals surface area contributed by atoms with Crippen molar-refractivity contribution >= 4 is 5.69 Å². The van der Waals surface area contributed by atoms with Crippen molar-refractivity contribution in [2.75, 3.05) is 11.9 Å². The van der Waals surface area contributed by atoms with Gasteiger partial charge in [0.25, 0.3) is 0 Å². The van der Waals surface area contributed by atoms with Gasteiger partial charge in [0.1, 0.15) is 23.9 Å². The molecule has 0 aliphatic carbocycles. The Morgan fingerprint density at radius 3 is 2.67 bits per heavy atom. The lowest BCUT2D eigenvalue weighted by molar-refractivity contribution is 0.287. The highest BCUT2D eigenvalue weighted by Crippen LogP contribution is 2.41. The largest absolute Gasteiger partial charge is 0.508 e. The second kappa shape index (κ2) is 5.89. The zero-order chi connectivity index (χ0) is 16.5. The van der Waals surface area contributed by atoms with E-state index in [4.69, 9.17) is 4.74 Å². The van der Waals surface area contributed by atoms with Crippen LogP contribution in [0.4, 0.5) is 10.1 Å². The van der Waals surface area contributed by atoms with E-state index in [0.29, 0.717) is 6.61 Å². The number of fused-ring (bicyclic) bond motifs is 1. The maximum atomic E-state index is 13.5. The van der Waals surface area contributed by atoms with Crippen molar-refractivity contribution in [1.82, 2.24) is 0 Å². The molecule has 0 amide bonds. The minimum Gasteiger partial charge on any atom is -0.508 e. The van der Waals surface area contributed by atoms with Crippen molar-refractivity contribution in [3.8, 4) is 22.6 Å². The Hall–Kier alpha value is -3.01. The van der Waals surface area contributed by atoms with Crippen LogP contribution in [0.3, 0.4) is 0 Å². The Bertz CT molecular complexity index is 894. The second-order valence-electron chi connectivity index (χ2n) is 5.80. The van der Waals surface area contributed by atoms with Gasteiger partial charge in [0.2, 0.25) is 0 Å². The molecule has 1 heterocycles. The first-order valence-corrected chi connectivity index (χ1v) is 7.78. The normalized spacial score (nSPS) is 16.0. The van der Waals surface area contributed by atoms with Crippen LogP contribution in [0.1, 0.15) is 11.6 Å². The van der Waals surface area contributed by atoms with Gasteiger partial charge in [-0.25, -0.2) is 4.39 Å². The van der Waals surface area contributed by atoms with Gasteiger partial charge >= 0.3 is 0 Å². The summed E-state index contributed by atoms with van der Waals surface area (Å²) in [5.74, 6) is 0.680. The number of rotatable bonds is 2. The SMILES string of the molecule is Oc1cccc(C2COc3c(cccc3-c3cccc(F)c3)N2)c1. The molecule has 3 nitrogen and oxygen atoms in total. The van der Waals surface area contributed by atoms with Gasteiger partial charge in [-0.05, 0) is 41.5 Å². The molecule has 1 atom stereocenters. The van der Waals surface area contributed by atoms with Gasteiger partial charge in [0.05, 0.1) is 11.7 Å². The van der Waals surface area contributed by atoms with Gasteiger partial charge in [-0.1, -0.05) is 36.4 Å². The lowest BCUT2D eigenvalue weighted by atomic mass is 10.0. The van der Waals surface area contributed by atoms with Gasteiger partial charge in [-0.15, -0.1) is 0 Å². The van der Waals surface area contributed by atoms with Crippen molar-refractivity contribution in [3.63, 3.8) is 0 Å². The van der Waals surface area contributed by atoms with Crippen LogP contribution in [0.25, 0.3) is 11.1 Å². The number of benzene rings is 3. The van der Waals surface area contributed by atoms with Crippen LogP contribution in [0.15, 0.2) is 66.7 Å². The summed E-state index contributed by atoms with van der Waals surface area (Å²) in [6.07, 6.45) is 0. The third-order valence-electron chi connectivity index (χ3n) is 4.15. The van der Waals surface area contributed by atoms with Crippen molar-refractivity contribution in [1.29, 1.82) is 0 Å². The number of phenolic OH excluding ortho intramolecular Hbond substituents is 1. The van der Waals surface area contributed by atoms with Crippen LogP contribution in [0, 0.1) is 5.82 Å². The number of aromatic hydroxyl groups is 1. The third-order valence-corrected chi connectivity index (χ3v) is 4.15. The topological polar surface area (TPSA) is 41.5 Å². The molecular weight excluding hydrogens is 305 g/mol. The number of phenols is 1. The fourth-order valence-corrected chi connectivity index (χ4v) is 3.01. The highest BCUT2D eigenvalue weighted by molar-refractivity contribution is 5.79. The number of ether oxygens (including phenoxy) is 1. The first-order valence-electron chi connectivity index (χ1n) is 7.78.